The summed E-state index contributed by atoms with van der Waals surface area (Å²) in [7, 11) is -1.98. The lowest BCUT2D eigenvalue weighted by Crippen LogP contribution is -2.23. The van der Waals surface area contributed by atoms with Gasteiger partial charge in [0.05, 0.1) is 4.90 Å². The van der Waals surface area contributed by atoms with Gasteiger partial charge in [0.25, 0.3) is 0 Å². The van der Waals surface area contributed by atoms with Crippen molar-refractivity contribution in [2.45, 2.75) is 18.0 Å². The number of hydrogen-bond acceptors (Lipinski definition) is 4. The molecule has 114 valence electrons. The zero-order valence-corrected chi connectivity index (χ0v) is 12.8. The molecule has 2 N–H and O–H groups in total. The van der Waals surface area contributed by atoms with Crippen LogP contribution in [-0.2, 0) is 23.1 Å². The number of hydrogen-bond donors (Lipinski definition) is 2. The molecule has 0 spiro atoms. The van der Waals surface area contributed by atoms with Crippen LogP contribution in [0, 0.1) is 11.6 Å². The molecule has 0 amide bonds. The standard InChI is InChI=1S/C13H14F2N2O2S2/c1-16-7-11-5-12(8-20-11)21(18,19)17-6-9-4-10(14)2-3-13(9)15/h2-5,8,16-17H,6-7H2,1H3. The van der Waals surface area contributed by atoms with E-state index in [1.54, 1.807) is 13.1 Å². The van der Waals surface area contributed by atoms with E-state index in [-0.39, 0.29) is 17.0 Å². The van der Waals surface area contributed by atoms with E-state index < -0.39 is 21.7 Å². The first-order valence-electron chi connectivity index (χ1n) is 6.08. The molecule has 0 saturated carbocycles. The molecule has 0 atom stereocenters. The molecule has 8 heteroatoms. The summed E-state index contributed by atoms with van der Waals surface area (Å²) >= 11 is 1.31. The fraction of sp³-hybridized carbons (Fsp3) is 0.231. The van der Waals surface area contributed by atoms with Crippen molar-refractivity contribution >= 4 is 21.4 Å². The Morgan fingerprint density at radius 2 is 1.95 bits per heavy atom. The number of nitrogens with one attached hydrogen (secondary N) is 2. The van der Waals surface area contributed by atoms with Gasteiger partial charge in [-0.25, -0.2) is 21.9 Å². The summed E-state index contributed by atoms with van der Waals surface area (Å²) in [4.78, 5) is 0.990. The smallest absolute Gasteiger partial charge is 0.241 e. The summed E-state index contributed by atoms with van der Waals surface area (Å²) in [6.45, 7) is 0.266. The van der Waals surface area contributed by atoms with Crippen LogP contribution < -0.4 is 10.0 Å². The van der Waals surface area contributed by atoms with Crippen molar-refractivity contribution in [3.8, 4) is 0 Å². The fourth-order valence-corrected chi connectivity index (χ4v) is 4.00. The molecule has 0 unspecified atom stereocenters. The third-order valence-corrected chi connectivity index (χ3v) is 5.22. The molecular weight excluding hydrogens is 318 g/mol. The Morgan fingerprint density at radius 1 is 1.19 bits per heavy atom. The minimum atomic E-state index is -3.74. The summed E-state index contributed by atoms with van der Waals surface area (Å²) < 4.78 is 52.9. The van der Waals surface area contributed by atoms with E-state index >= 15 is 0 Å². The van der Waals surface area contributed by atoms with Crippen LogP contribution in [-0.4, -0.2) is 15.5 Å². The summed E-state index contributed by atoms with van der Waals surface area (Å²) in [5.41, 5.74) is -0.0377. The third kappa shape index (κ3) is 4.07. The topological polar surface area (TPSA) is 58.2 Å². The Kier molecular flexibility index (Phi) is 5.04. The lowest BCUT2D eigenvalue weighted by atomic mass is 10.2. The molecule has 1 aromatic heterocycles. The first kappa shape index (κ1) is 16.0. The molecular formula is C13H14F2N2O2S2. The highest BCUT2D eigenvalue weighted by atomic mass is 32.2. The Morgan fingerprint density at radius 3 is 2.67 bits per heavy atom. The number of sulfonamides is 1. The van der Waals surface area contributed by atoms with Crippen molar-refractivity contribution in [2.24, 2.45) is 0 Å². The van der Waals surface area contributed by atoms with Crippen LogP contribution >= 0.6 is 11.3 Å². The first-order valence-corrected chi connectivity index (χ1v) is 8.44. The zero-order valence-electron chi connectivity index (χ0n) is 11.2. The molecule has 1 aromatic carbocycles. The second-order valence-corrected chi connectivity index (χ2v) is 7.10. The Hall–Kier alpha value is -1.35. The van der Waals surface area contributed by atoms with Crippen LogP contribution in [0.3, 0.4) is 0 Å². The molecule has 2 aromatic rings. The van der Waals surface area contributed by atoms with Gasteiger partial charge < -0.3 is 5.32 Å². The van der Waals surface area contributed by atoms with Gasteiger partial charge in [0.15, 0.2) is 0 Å². The van der Waals surface area contributed by atoms with Crippen molar-refractivity contribution in [2.75, 3.05) is 7.05 Å². The lowest BCUT2D eigenvalue weighted by Gasteiger charge is -2.06. The SMILES string of the molecule is CNCc1cc(S(=O)(=O)NCc2cc(F)ccc2F)cs1. The minimum absolute atomic E-state index is 0.0377. The van der Waals surface area contributed by atoms with E-state index in [1.165, 1.54) is 16.7 Å². The van der Waals surface area contributed by atoms with Gasteiger partial charge in [-0.3, -0.25) is 0 Å². The second kappa shape index (κ2) is 6.61. The molecule has 0 aliphatic rings. The van der Waals surface area contributed by atoms with Gasteiger partial charge in [0.1, 0.15) is 11.6 Å². The number of halogens is 2. The van der Waals surface area contributed by atoms with Gasteiger partial charge in [-0.2, -0.15) is 0 Å². The van der Waals surface area contributed by atoms with Crippen LogP contribution in [0.2, 0.25) is 0 Å². The first-order chi connectivity index (χ1) is 9.92. The monoisotopic (exact) mass is 332 g/mol. The average molecular weight is 332 g/mol. The molecule has 0 fully saturated rings. The van der Waals surface area contributed by atoms with E-state index in [2.05, 4.69) is 10.0 Å². The highest BCUT2D eigenvalue weighted by molar-refractivity contribution is 7.89. The Balaban J connectivity index is 2.11. The number of benzene rings is 1. The largest absolute Gasteiger partial charge is 0.315 e. The van der Waals surface area contributed by atoms with Crippen LogP contribution in [0.25, 0.3) is 0 Å². The van der Waals surface area contributed by atoms with Gasteiger partial charge in [0, 0.05) is 28.9 Å². The van der Waals surface area contributed by atoms with E-state index in [4.69, 9.17) is 0 Å². The van der Waals surface area contributed by atoms with Crippen LogP contribution in [0.5, 0.6) is 0 Å². The Bertz CT molecular complexity index is 730. The maximum absolute atomic E-state index is 13.4. The predicted octanol–water partition coefficient (Wildman–Crippen LogP) is 2.22. The summed E-state index contributed by atoms with van der Waals surface area (Å²) in [6.07, 6.45) is 0. The summed E-state index contributed by atoms with van der Waals surface area (Å²) in [6, 6.07) is 4.47. The van der Waals surface area contributed by atoms with E-state index in [0.29, 0.717) is 6.54 Å². The molecule has 0 aliphatic heterocycles. The predicted molar refractivity (Wildman–Crippen MR) is 77.5 cm³/mol. The highest BCUT2D eigenvalue weighted by Crippen LogP contribution is 2.19. The van der Waals surface area contributed by atoms with Crippen molar-refractivity contribution < 1.29 is 17.2 Å². The molecule has 0 radical (unpaired) electrons. The van der Waals surface area contributed by atoms with Gasteiger partial charge in [-0.15, -0.1) is 11.3 Å². The maximum atomic E-state index is 13.4. The van der Waals surface area contributed by atoms with Crippen LogP contribution in [0.4, 0.5) is 8.78 Å². The number of thiophene rings is 1. The van der Waals surface area contributed by atoms with Crippen LogP contribution in [0.15, 0.2) is 34.5 Å². The molecule has 21 heavy (non-hydrogen) atoms. The molecule has 0 bridgehead atoms. The second-order valence-electron chi connectivity index (χ2n) is 4.34. The molecule has 0 aliphatic carbocycles. The number of rotatable bonds is 6. The molecule has 2 rings (SSSR count). The Labute approximate surface area is 125 Å². The van der Waals surface area contributed by atoms with E-state index in [9.17, 15) is 17.2 Å². The summed E-state index contributed by atoms with van der Waals surface area (Å²) in [5.74, 6) is -1.27. The molecule has 0 saturated heterocycles. The molecule has 4 nitrogen and oxygen atoms in total. The van der Waals surface area contributed by atoms with Crippen LogP contribution in [0.1, 0.15) is 10.4 Å². The average Bonchev–Trinajstić information content (AvgIpc) is 2.90. The third-order valence-electron chi connectivity index (χ3n) is 2.75. The van der Waals surface area contributed by atoms with Gasteiger partial charge in [-0.1, -0.05) is 0 Å². The van der Waals surface area contributed by atoms with Crippen molar-refractivity contribution in [3.63, 3.8) is 0 Å². The highest BCUT2D eigenvalue weighted by Gasteiger charge is 2.17. The minimum Gasteiger partial charge on any atom is -0.315 e. The normalized spacial score (nSPS) is 11.8. The van der Waals surface area contributed by atoms with Gasteiger partial charge in [0.2, 0.25) is 10.0 Å². The van der Waals surface area contributed by atoms with Gasteiger partial charge >= 0.3 is 0 Å². The van der Waals surface area contributed by atoms with E-state index in [0.717, 1.165) is 23.1 Å². The lowest BCUT2D eigenvalue weighted by molar-refractivity contribution is 0.567. The van der Waals surface area contributed by atoms with E-state index in [1.807, 2.05) is 0 Å². The zero-order chi connectivity index (χ0) is 15.5. The summed E-state index contributed by atoms with van der Waals surface area (Å²) in [5, 5.41) is 4.44. The fourth-order valence-electron chi connectivity index (χ4n) is 1.70. The maximum Gasteiger partial charge on any atom is 0.241 e. The van der Waals surface area contributed by atoms with Gasteiger partial charge in [-0.05, 0) is 31.3 Å². The van der Waals surface area contributed by atoms with Crippen molar-refractivity contribution in [1.82, 2.24) is 10.0 Å². The molecule has 1 heterocycles. The van der Waals surface area contributed by atoms with Crippen molar-refractivity contribution in [1.29, 1.82) is 0 Å². The quantitative estimate of drug-likeness (QED) is 0.853. The van der Waals surface area contributed by atoms with Crippen molar-refractivity contribution in [3.05, 3.63) is 51.7 Å².